The van der Waals surface area contributed by atoms with Crippen molar-refractivity contribution in [2.24, 2.45) is 0 Å². The molecule has 3 aromatic carbocycles. The Labute approximate surface area is 155 Å². The van der Waals surface area contributed by atoms with Crippen LogP contribution in [0, 0.1) is 0 Å². The Balaban J connectivity index is 1.86. The molecule has 0 aliphatic rings. The van der Waals surface area contributed by atoms with Crippen LogP contribution in [-0.4, -0.2) is 22.8 Å². The molecule has 0 atom stereocenters. The van der Waals surface area contributed by atoms with Crippen molar-refractivity contribution >= 4 is 39.2 Å². The number of halogens is 1. The summed E-state index contributed by atoms with van der Waals surface area (Å²) in [5, 5.41) is 12.8. The highest BCUT2D eigenvalue weighted by Gasteiger charge is 2.18. The van der Waals surface area contributed by atoms with Gasteiger partial charge in [0.05, 0.1) is 23.2 Å². The minimum Gasteiger partial charge on any atom is -0.497 e. The third-order valence-corrected chi connectivity index (χ3v) is 4.84. The van der Waals surface area contributed by atoms with Crippen molar-refractivity contribution in [2.45, 2.75) is 6.54 Å². The molecule has 0 fully saturated rings. The van der Waals surface area contributed by atoms with Gasteiger partial charge in [-0.05, 0) is 28.5 Å². The number of carbonyl (C=O) groups is 1. The van der Waals surface area contributed by atoms with Crippen LogP contribution in [0.4, 0.5) is 0 Å². The molecule has 0 saturated heterocycles. The first-order valence-electron chi connectivity index (χ1n) is 8.14. The van der Waals surface area contributed by atoms with E-state index in [4.69, 9.17) is 16.3 Å². The molecule has 26 heavy (non-hydrogen) atoms. The summed E-state index contributed by atoms with van der Waals surface area (Å²) in [6.45, 7) is 0.540. The molecule has 0 aliphatic carbocycles. The predicted molar refractivity (Wildman–Crippen MR) is 104 cm³/mol. The van der Waals surface area contributed by atoms with Gasteiger partial charge in [-0.3, -0.25) is 0 Å². The summed E-state index contributed by atoms with van der Waals surface area (Å²) < 4.78 is 7.19. The molecule has 1 heterocycles. The molecule has 1 N–H and O–H groups in total. The molecular weight excluding hydrogens is 350 g/mol. The van der Waals surface area contributed by atoms with E-state index in [0.29, 0.717) is 22.7 Å². The Kier molecular flexibility index (Phi) is 4.05. The number of aromatic carboxylic acids is 1. The minimum atomic E-state index is -1.00. The van der Waals surface area contributed by atoms with E-state index in [1.165, 1.54) is 5.39 Å². The Hall–Kier alpha value is -2.98. The topological polar surface area (TPSA) is 51.5 Å². The molecule has 0 aliphatic heterocycles. The predicted octanol–water partition coefficient (Wildman–Crippen LogP) is 5.20. The summed E-state index contributed by atoms with van der Waals surface area (Å²) in [4.78, 5) is 11.7. The van der Waals surface area contributed by atoms with Gasteiger partial charge >= 0.3 is 5.97 Å². The fraction of sp³-hybridized carbons (Fsp3) is 0.0952. The second kappa shape index (κ2) is 6.39. The normalized spacial score (nSPS) is 11.2. The Bertz CT molecular complexity index is 1150. The van der Waals surface area contributed by atoms with Gasteiger partial charge in [0.25, 0.3) is 0 Å². The number of carboxylic acid groups (broad SMARTS) is 1. The maximum Gasteiger partial charge on any atom is 0.337 e. The highest BCUT2D eigenvalue weighted by Crippen LogP contribution is 2.33. The van der Waals surface area contributed by atoms with E-state index in [-0.39, 0.29) is 5.56 Å². The van der Waals surface area contributed by atoms with Crippen molar-refractivity contribution in [1.29, 1.82) is 0 Å². The first-order chi connectivity index (χ1) is 12.6. The quantitative estimate of drug-likeness (QED) is 0.540. The van der Waals surface area contributed by atoms with Crippen molar-refractivity contribution in [3.63, 3.8) is 0 Å². The Morgan fingerprint density at radius 3 is 2.62 bits per heavy atom. The van der Waals surface area contributed by atoms with Crippen LogP contribution in [0.2, 0.25) is 5.02 Å². The second-order valence-electron chi connectivity index (χ2n) is 6.16. The van der Waals surface area contributed by atoms with E-state index >= 15 is 0 Å². The number of hydrogen-bond acceptors (Lipinski definition) is 2. The zero-order valence-corrected chi connectivity index (χ0v) is 14.8. The summed E-state index contributed by atoms with van der Waals surface area (Å²) >= 11 is 6.33. The van der Waals surface area contributed by atoms with Gasteiger partial charge in [-0.15, -0.1) is 0 Å². The zero-order valence-electron chi connectivity index (χ0n) is 14.1. The van der Waals surface area contributed by atoms with Crippen LogP contribution in [0.1, 0.15) is 15.9 Å². The minimum absolute atomic E-state index is 0.188. The molecular formula is C21H16ClNO3. The van der Waals surface area contributed by atoms with Gasteiger partial charge in [0, 0.05) is 24.2 Å². The van der Waals surface area contributed by atoms with Crippen LogP contribution in [0.5, 0.6) is 5.75 Å². The van der Waals surface area contributed by atoms with Crippen LogP contribution in [-0.2, 0) is 6.54 Å². The molecule has 0 bridgehead atoms. The molecule has 4 nitrogen and oxygen atoms in total. The molecule has 130 valence electrons. The third kappa shape index (κ3) is 2.78. The highest BCUT2D eigenvalue weighted by atomic mass is 35.5. The first kappa shape index (κ1) is 16.5. The van der Waals surface area contributed by atoms with Gasteiger partial charge in [-0.2, -0.15) is 0 Å². The number of methoxy groups -OCH3 is 1. The van der Waals surface area contributed by atoms with E-state index in [9.17, 15) is 9.90 Å². The summed E-state index contributed by atoms with van der Waals surface area (Å²) in [5.41, 5.74) is 2.00. The molecule has 0 saturated carbocycles. The van der Waals surface area contributed by atoms with Crippen LogP contribution < -0.4 is 4.74 Å². The molecule has 1 aromatic heterocycles. The number of fused-ring (bicyclic) bond motifs is 2. The van der Waals surface area contributed by atoms with E-state index in [1.807, 2.05) is 22.8 Å². The SMILES string of the molecule is COc1cc(Cl)c2c(C(=O)O)cn(Cc3ccc4ccccc4c3)c2c1. The van der Waals surface area contributed by atoms with Crippen LogP contribution in [0.3, 0.4) is 0 Å². The number of hydrogen-bond donors (Lipinski definition) is 1. The fourth-order valence-electron chi connectivity index (χ4n) is 3.30. The van der Waals surface area contributed by atoms with Gasteiger partial charge in [-0.1, -0.05) is 48.0 Å². The number of aromatic nitrogens is 1. The smallest absolute Gasteiger partial charge is 0.337 e. The maximum atomic E-state index is 11.7. The zero-order chi connectivity index (χ0) is 18.3. The lowest BCUT2D eigenvalue weighted by Gasteiger charge is -2.09. The summed E-state index contributed by atoms with van der Waals surface area (Å²) in [6.07, 6.45) is 1.63. The average Bonchev–Trinajstić information content (AvgIpc) is 3.01. The number of benzene rings is 3. The van der Waals surface area contributed by atoms with Gasteiger partial charge in [0.15, 0.2) is 0 Å². The number of carboxylic acids is 1. The van der Waals surface area contributed by atoms with Gasteiger partial charge in [0.1, 0.15) is 5.75 Å². The summed E-state index contributed by atoms with van der Waals surface area (Å²) in [5.74, 6) is -0.406. The lowest BCUT2D eigenvalue weighted by atomic mass is 10.1. The van der Waals surface area contributed by atoms with Gasteiger partial charge in [0.2, 0.25) is 0 Å². The van der Waals surface area contributed by atoms with Crippen molar-refractivity contribution in [1.82, 2.24) is 4.57 Å². The number of nitrogens with zero attached hydrogens (tertiary/aromatic N) is 1. The van der Waals surface area contributed by atoms with Gasteiger partial charge < -0.3 is 14.4 Å². The van der Waals surface area contributed by atoms with Crippen molar-refractivity contribution in [3.8, 4) is 5.75 Å². The van der Waals surface area contributed by atoms with E-state index in [2.05, 4.69) is 30.3 Å². The second-order valence-corrected chi connectivity index (χ2v) is 6.57. The van der Waals surface area contributed by atoms with Crippen molar-refractivity contribution in [2.75, 3.05) is 7.11 Å². The summed E-state index contributed by atoms with van der Waals surface area (Å²) in [6, 6.07) is 17.8. The van der Waals surface area contributed by atoms with Gasteiger partial charge in [-0.25, -0.2) is 4.79 Å². The Morgan fingerprint density at radius 2 is 1.88 bits per heavy atom. The molecule has 0 radical (unpaired) electrons. The summed E-state index contributed by atoms with van der Waals surface area (Å²) in [7, 11) is 1.56. The third-order valence-electron chi connectivity index (χ3n) is 4.54. The van der Waals surface area contributed by atoms with Crippen LogP contribution in [0.25, 0.3) is 21.7 Å². The average molecular weight is 366 g/mol. The highest BCUT2D eigenvalue weighted by molar-refractivity contribution is 6.37. The van der Waals surface area contributed by atoms with Crippen molar-refractivity contribution in [3.05, 3.63) is 76.9 Å². The molecule has 0 spiro atoms. The van der Waals surface area contributed by atoms with E-state index in [1.54, 1.807) is 19.4 Å². The van der Waals surface area contributed by atoms with Crippen LogP contribution in [0.15, 0.2) is 60.8 Å². The van der Waals surface area contributed by atoms with E-state index in [0.717, 1.165) is 16.5 Å². The standard InChI is InChI=1S/C21H16ClNO3/c1-26-16-9-18(22)20-17(21(24)25)12-23(19(20)10-16)11-13-6-7-14-4-2-3-5-15(14)8-13/h2-10,12H,11H2,1H3,(H,24,25). The lowest BCUT2D eigenvalue weighted by molar-refractivity contribution is 0.0699. The lowest BCUT2D eigenvalue weighted by Crippen LogP contribution is -1.99. The van der Waals surface area contributed by atoms with Crippen molar-refractivity contribution < 1.29 is 14.6 Å². The molecule has 4 aromatic rings. The molecule has 4 rings (SSSR count). The maximum absolute atomic E-state index is 11.7. The van der Waals surface area contributed by atoms with E-state index < -0.39 is 5.97 Å². The number of ether oxygens (including phenoxy) is 1. The molecule has 5 heteroatoms. The fourth-order valence-corrected chi connectivity index (χ4v) is 3.60. The van der Waals surface area contributed by atoms with Crippen LogP contribution >= 0.6 is 11.6 Å². The first-order valence-corrected chi connectivity index (χ1v) is 8.52. The molecule has 0 unspecified atom stereocenters. The number of rotatable bonds is 4. The largest absolute Gasteiger partial charge is 0.497 e. The Morgan fingerprint density at radius 1 is 1.12 bits per heavy atom. The monoisotopic (exact) mass is 365 g/mol. The molecule has 0 amide bonds.